The molecule has 0 atom stereocenters. The lowest BCUT2D eigenvalue weighted by atomic mass is 10.0. The summed E-state index contributed by atoms with van der Waals surface area (Å²) in [5.41, 5.74) is 2.73. The molecule has 23 heavy (non-hydrogen) atoms. The van der Waals surface area contributed by atoms with E-state index in [-0.39, 0.29) is 6.09 Å². The molecule has 0 fully saturated rings. The summed E-state index contributed by atoms with van der Waals surface area (Å²) >= 11 is 0. The molecule has 122 valence electrons. The van der Waals surface area contributed by atoms with Crippen LogP contribution in [0.15, 0.2) is 36.5 Å². The highest BCUT2D eigenvalue weighted by Crippen LogP contribution is 2.32. The van der Waals surface area contributed by atoms with Crippen LogP contribution in [0.1, 0.15) is 39.2 Å². The maximum atomic E-state index is 12.6. The number of aryl methyl sites for hydroxylation is 1. The number of nitrogens with zero attached hydrogens (tertiary/aromatic N) is 2. The van der Waals surface area contributed by atoms with Crippen LogP contribution in [0.5, 0.6) is 0 Å². The second-order valence-electron chi connectivity index (χ2n) is 7.03. The van der Waals surface area contributed by atoms with Gasteiger partial charge in [-0.2, -0.15) is 0 Å². The smallest absolute Gasteiger partial charge is 0.414 e. The molecule has 0 unspecified atom stereocenters. The van der Waals surface area contributed by atoms with Crippen molar-refractivity contribution >= 4 is 22.7 Å². The van der Waals surface area contributed by atoms with Crippen molar-refractivity contribution in [3.05, 3.63) is 42.1 Å². The molecular formula is C19H24N2O2. The van der Waals surface area contributed by atoms with Gasteiger partial charge in [-0.15, -0.1) is 0 Å². The van der Waals surface area contributed by atoms with Gasteiger partial charge in [0.25, 0.3) is 0 Å². The molecule has 0 saturated carbocycles. The Labute approximate surface area is 137 Å². The third-order valence-electron chi connectivity index (χ3n) is 4.03. The summed E-state index contributed by atoms with van der Waals surface area (Å²) in [5.74, 6) is 0. The summed E-state index contributed by atoms with van der Waals surface area (Å²) < 4.78 is 7.68. The van der Waals surface area contributed by atoms with Gasteiger partial charge in [0.2, 0.25) is 0 Å². The van der Waals surface area contributed by atoms with Gasteiger partial charge in [-0.1, -0.05) is 18.2 Å². The first-order valence-electron chi connectivity index (χ1n) is 8.12. The van der Waals surface area contributed by atoms with Gasteiger partial charge in [0.05, 0.1) is 5.70 Å². The number of amides is 1. The van der Waals surface area contributed by atoms with Crippen LogP contribution in [0.2, 0.25) is 0 Å². The molecular weight excluding hydrogens is 288 g/mol. The van der Waals surface area contributed by atoms with Crippen molar-refractivity contribution in [2.75, 3.05) is 6.54 Å². The number of carbonyl (C=O) groups is 1. The first-order chi connectivity index (χ1) is 10.9. The molecule has 0 aliphatic carbocycles. The van der Waals surface area contributed by atoms with Crippen LogP contribution < -0.4 is 0 Å². The minimum Gasteiger partial charge on any atom is -0.443 e. The SMILES string of the molecule is Cn1ccc2c(C3=CCCCN3C(=O)OC(C)(C)C)cccc21. The Morgan fingerprint density at radius 3 is 2.74 bits per heavy atom. The zero-order valence-electron chi connectivity index (χ0n) is 14.3. The largest absolute Gasteiger partial charge is 0.443 e. The summed E-state index contributed by atoms with van der Waals surface area (Å²) in [7, 11) is 2.03. The molecule has 0 spiro atoms. The molecule has 4 nitrogen and oxygen atoms in total. The predicted molar refractivity (Wildman–Crippen MR) is 93.1 cm³/mol. The number of benzene rings is 1. The number of ether oxygens (including phenoxy) is 1. The van der Waals surface area contributed by atoms with Crippen molar-refractivity contribution in [3.8, 4) is 0 Å². The van der Waals surface area contributed by atoms with Gasteiger partial charge in [-0.05, 0) is 45.7 Å². The number of hydrogen-bond acceptors (Lipinski definition) is 2. The third-order valence-corrected chi connectivity index (χ3v) is 4.03. The fourth-order valence-electron chi connectivity index (χ4n) is 3.01. The Morgan fingerprint density at radius 2 is 2.00 bits per heavy atom. The van der Waals surface area contributed by atoms with Gasteiger partial charge in [-0.25, -0.2) is 4.79 Å². The van der Waals surface area contributed by atoms with E-state index in [1.54, 1.807) is 4.90 Å². The van der Waals surface area contributed by atoms with Crippen molar-refractivity contribution in [1.82, 2.24) is 9.47 Å². The quantitative estimate of drug-likeness (QED) is 0.774. The van der Waals surface area contributed by atoms with Gasteiger partial charge >= 0.3 is 6.09 Å². The van der Waals surface area contributed by atoms with Gasteiger partial charge in [0, 0.05) is 36.3 Å². The molecule has 1 amide bonds. The second kappa shape index (κ2) is 5.76. The Balaban J connectivity index is 2.01. The number of aromatic nitrogens is 1. The highest BCUT2D eigenvalue weighted by molar-refractivity contribution is 5.95. The zero-order valence-corrected chi connectivity index (χ0v) is 14.3. The molecule has 0 radical (unpaired) electrons. The van der Waals surface area contributed by atoms with Gasteiger partial charge < -0.3 is 9.30 Å². The monoisotopic (exact) mass is 312 g/mol. The molecule has 0 bridgehead atoms. The van der Waals surface area contributed by atoms with E-state index in [4.69, 9.17) is 4.74 Å². The molecule has 2 heterocycles. The second-order valence-corrected chi connectivity index (χ2v) is 7.03. The van der Waals surface area contributed by atoms with Crippen LogP contribution in [-0.2, 0) is 11.8 Å². The molecule has 1 aliphatic heterocycles. The van der Waals surface area contributed by atoms with Gasteiger partial charge in [0.15, 0.2) is 0 Å². The molecule has 1 aromatic carbocycles. The van der Waals surface area contributed by atoms with Crippen LogP contribution in [0.4, 0.5) is 4.79 Å². The maximum Gasteiger partial charge on any atom is 0.414 e. The number of fused-ring (bicyclic) bond motifs is 1. The highest BCUT2D eigenvalue weighted by atomic mass is 16.6. The summed E-state index contributed by atoms with van der Waals surface area (Å²) in [6.45, 7) is 6.40. The van der Waals surface area contributed by atoms with E-state index in [0.717, 1.165) is 35.0 Å². The molecule has 2 aromatic rings. The summed E-state index contributed by atoms with van der Waals surface area (Å²) in [6, 6.07) is 8.32. The predicted octanol–water partition coefficient (Wildman–Crippen LogP) is 4.55. The topological polar surface area (TPSA) is 34.5 Å². The van der Waals surface area contributed by atoms with Crippen LogP contribution in [0.3, 0.4) is 0 Å². The minimum absolute atomic E-state index is 0.267. The number of carbonyl (C=O) groups excluding carboxylic acids is 1. The fourth-order valence-corrected chi connectivity index (χ4v) is 3.01. The lowest BCUT2D eigenvalue weighted by molar-refractivity contribution is 0.0347. The van der Waals surface area contributed by atoms with E-state index in [1.807, 2.05) is 33.9 Å². The highest BCUT2D eigenvalue weighted by Gasteiger charge is 2.27. The zero-order chi connectivity index (χ0) is 16.6. The minimum atomic E-state index is -0.488. The molecule has 1 aliphatic rings. The average molecular weight is 312 g/mol. The lowest BCUT2D eigenvalue weighted by Gasteiger charge is -2.31. The molecule has 3 rings (SSSR count). The van der Waals surface area contributed by atoms with Crippen molar-refractivity contribution in [1.29, 1.82) is 0 Å². The first kappa shape index (κ1) is 15.7. The van der Waals surface area contributed by atoms with E-state index in [9.17, 15) is 4.79 Å². The van der Waals surface area contributed by atoms with Gasteiger partial charge in [0.1, 0.15) is 5.60 Å². The number of hydrogen-bond donors (Lipinski definition) is 0. The van der Waals surface area contributed by atoms with Crippen LogP contribution in [0, 0.1) is 0 Å². The normalized spacial score (nSPS) is 15.7. The summed E-state index contributed by atoms with van der Waals surface area (Å²) in [5, 5.41) is 1.16. The van der Waals surface area contributed by atoms with Crippen LogP contribution >= 0.6 is 0 Å². The van der Waals surface area contributed by atoms with E-state index in [1.165, 1.54) is 0 Å². The summed E-state index contributed by atoms with van der Waals surface area (Å²) in [4.78, 5) is 14.4. The van der Waals surface area contributed by atoms with Crippen molar-refractivity contribution < 1.29 is 9.53 Å². The van der Waals surface area contributed by atoms with E-state index >= 15 is 0 Å². The molecule has 4 heteroatoms. The fraction of sp³-hybridized carbons (Fsp3) is 0.421. The molecule has 0 N–H and O–H groups in total. The number of rotatable bonds is 1. The number of allylic oxidation sites excluding steroid dienone is 1. The Morgan fingerprint density at radius 1 is 1.22 bits per heavy atom. The summed E-state index contributed by atoms with van der Waals surface area (Å²) in [6.07, 6.45) is 5.88. The van der Waals surface area contributed by atoms with E-state index < -0.39 is 5.60 Å². The van der Waals surface area contributed by atoms with Crippen LogP contribution in [0.25, 0.3) is 16.6 Å². The van der Waals surface area contributed by atoms with Crippen molar-refractivity contribution in [2.24, 2.45) is 7.05 Å². The standard InChI is InChI=1S/C19H24N2O2/c1-19(2,3)23-18(22)21-12-6-5-9-17(21)14-8-7-10-16-15(14)11-13-20(16)4/h7-11,13H,5-6,12H2,1-4H3. The van der Waals surface area contributed by atoms with E-state index in [0.29, 0.717) is 6.54 Å². The van der Waals surface area contributed by atoms with Crippen molar-refractivity contribution in [3.63, 3.8) is 0 Å². The Bertz CT molecular complexity index is 765. The van der Waals surface area contributed by atoms with Crippen LogP contribution in [-0.4, -0.2) is 27.7 Å². The molecule has 1 aromatic heterocycles. The average Bonchev–Trinajstić information content (AvgIpc) is 2.87. The Hall–Kier alpha value is -2.23. The Kier molecular flexibility index (Phi) is 3.92. The molecule has 0 saturated heterocycles. The third kappa shape index (κ3) is 3.11. The van der Waals surface area contributed by atoms with Crippen molar-refractivity contribution in [2.45, 2.75) is 39.2 Å². The van der Waals surface area contributed by atoms with Gasteiger partial charge in [-0.3, -0.25) is 4.90 Å². The lowest BCUT2D eigenvalue weighted by Crippen LogP contribution is -2.37. The maximum absolute atomic E-state index is 12.6. The van der Waals surface area contributed by atoms with E-state index in [2.05, 4.69) is 35.0 Å². The first-order valence-corrected chi connectivity index (χ1v) is 8.12.